The number of benzene rings is 2. The first kappa shape index (κ1) is 25.1. The van der Waals surface area contributed by atoms with Gasteiger partial charge in [-0.25, -0.2) is 9.37 Å². The molecule has 0 fully saturated rings. The van der Waals surface area contributed by atoms with Crippen LogP contribution >= 0.6 is 0 Å². The van der Waals surface area contributed by atoms with E-state index in [4.69, 9.17) is 10.5 Å². The van der Waals surface area contributed by atoms with E-state index in [0.717, 1.165) is 33.0 Å². The zero-order chi connectivity index (χ0) is 26.6. The van der Waals surface area contributed by atoms with Gasteiger partial charge in [-0.1, -0.05) is 36.4 Å². The molecule has 38 heavy (non-hydrogen) atoms. The second kappa shape index (κ2) is 10.8. The summed E-state index contributed by atoms with van der Waals surface area (Å²) in [7, 11) is 1.57. The monoisotopic (exact) mass is 513 g/mol. The van der Waals surface area contributed by atoms with Gasteiger partial charge in [0.05, 0.1) is 37.7 Å². The van der Waals surface area contributed by atoms with E-state index >= 15 is 0 Å². The number of fused-ring (bicyclic) bond motifs is 1. The molecule has 0 aliphatic heterocycles. The third kappa shape index (κ3) is 5.40. The van der Waals surface area contributed by atoms with Crippen LogP contribution in [-0.2, 0) is 31.0 Å². The van der Waals surface area contributed by atoms with E-state index in [9.17, 15) is 9.18 Å². The van der Waals surface area contributed by atoms with Gasteiger partial charge in [0.15, 0.2) is 5.82 Å². The lowest BCUT2D eigenvalue weighted by molar-refractivity contribution is 0.0946. The van der Waals surface area contributed by atoms with Crippen LogP contribution in [0.15, 0.2) is 67.3 Å². The van der Waals surface area contributed by atoms with Crippen molar-refractivity contribution in [3.63, 3.8) is 0 Å². The first-order valence-corrected chi connectivity index (χ1v) is 12.1. The van der Waals surface area contributed by atoms with E-state index in [0.29, 0.717) is 36.7 Å². The van der Waals surface area contributed by atoms with Gasteiger partial charge in [0.1, 0.15) is 11.5 Å². The number of nitrogens with one attached hydrogen (secondary N) is 1. The van der Waals surface area contributed by atoms with Crippen molar-refractivity contribution in [2.75, 3.05) is 12.8 Å². The molecular formula is C28H28FN7O2. The van der Waals surface area contributed by atoms with Crippen LogP contribution in [0.4, 0.5) is 10.2 Å². The highest BCUT2D eigenvalue weighted by Gasteiger charge is 2.17. The fourth-order valence-electron chi connectivity index (χ4n) is 4.46. The molecule has 5 aromatic rings. The molecule has 3 heterocycles. The average molecular weight is 514 g/mol. The number of rotatable bonds is 9. The van der Waals surface area contributed by atoms with E-state index in [1.807, 2.05) is 49.4 Å². The van der Waals surface area contributed by atoms with Crippen LogP contribution in [0.1, 0.15) is 38.3 Å². The first-order chi connectivity index (χ1) is 18.4. The van der Waals surface area contributed by atoms with Crippen LogP contribution in [0.2, 0.25) is 0 Å². The van der Waals surface area contributed by atoms with Crippen molar-refractivity contribution in [1.82, 2.24) is 29.9 Å². The molecule has 0 bridgehead atoms. The summed E-state index contributed by atoms with van der Waals surface area (Å²) in [4.78, 5) is 17.3. The Morgan fingerprint density at radius 1 is 1.03 bits per heavy atom. The van der Waals surface area contributed by atoms with Crippen LogP contribution in [0.25, 0.3) is 10.8 Å². The number of hydrogen-bond acceptors (Lipinski definition) is 6. The quantitative estimate of drug-likeness (QED) is 0.310. The molecule has 0 aliphatic rings. The third-order valence-electron chi connectivity index (χ3n) is 6.47. The van der Waals surface area contributed by atoms with Crippen LogP contribution in [0, 0.1) is 12.7 Å². The highest BCUT2D eigenvalue weighted by molar-refractivity contribution is 5.96. The summed E-state index contributed by atoms with van der Waals surface area (Å²) in [5, 5.41) is 13.5. The summed E-state index contributed by atoms with van der Waals surface area (Å²) in [5.74, 6) is -0.0956. The highest BCUT2D eigenvalue weighted by Crippen LogP contribution is 2.25. The number of ether oxygens (including phenoxy) is 1. The van der Waals surface area contributed by atoms with E-state index < -0.39 is 0 Å². The Kier molecular flexibility index (Phi) is 7.14. The summed E-state index contributed by atoms with van der Waals surface area (Å²) in [5.41, 5.74) is 11.1. The summed E-state index contributed by atoms with van der Waals surface area (Å²) in [6, 6.07) is 13.7. The number of nitrogens with zero attached hydrogens (tertiary/aromatic N) is 5. The lowest BCUT2D eigenvalue weighted by Gasteiger charge is -2.11. The maximum absolute atomic E-state index is 13.2. The van der Waals surface area contributed by atoms with E-state index in [1.54, 1.807) is 28.9 Å². The molecular weight excluding hydrogens is 485 g/mol. The molecule has 10 heteroatoms. The van der Waals surface area contributed by atoms with Gasteiger partial charge in [0, 0.05) is 31.4 Å². The molecule has 0 unspecified atom stereocenters. The standard InChI is InChI=1S/C28H28FN7O2/c1-18-21(7-8-24-23(18)9-10-31-27(24)30)11-32-28(37)25-16-36(34-26(25)17-38-2)14-20-5-3-19(4-6-20)13-35-15-22(29)12-33-35/h3-10,12,15-16H,11,13-14,17H2,1-2H3,(H2,30,31)(H,32,37). The summed E-state index contributed by atoms with van der Waals surface area (Å²) < 4.78 is 21.7. The minimum Gasteiger partial charge on any atom is -0.383 e. The molecule has 0 aliphatic carbocycles. The number of methoxy groups -OCH3 is 1. The van der Waals surface area contributed by atoms with Gasteiger partial charge in [-0.2, -0.15) is 10.2 Å². The molecule has 5 rings (SSSR count). The lowest BCUT2D eigenvalue weighted by Crippen LogP contribution is -2.24. The minimum absolute atomic E-state index is 0.219. The Hall–Kier alpha value is -4.57. The second-order valence-corrected chi connectivity index (χ2v) is 9.12. The number of anilines is 1. The molecule has 0 saturated carbocycles. The number of nitrogen functional groups attached to an aromatic ring is 1. The average Bonchev–Trinajstić information content (AvgIpc) is 3.50. The summed E-state index contributed by atoms with van der Waals surface area (Å²) >= 11 is 0. The van der Waals surface area contributed by atoms with Gasteiger partial charge in [0.25, 0.3) is 5.91 Å². The number of carbonyl (C=O) groups is 1. The Balaban J connectivity index is 1.28. The van der Waals surface area contributed by atoms with E-state index in [2.05, 4.69) is 20.5 Å². The predicted octanol–water partition coefficient (Wildman–Crippen LogP) is 3.83. The fraction of sp³-hybridized carbons (Fsp3) is 0.214. The fourth-order valence-corrected chi connectivity index (χ4v) is 4.46. The highest BCUT2D eigenvalue weighted by atomic mass is 19.1. The Bertz CT molecular complexity index is 1590. The van der Waals surface area contributed by atoms with Crippen molar-refractivity contribution in [3.05, 3.63) is 107 Å². The zero-order valence-electron chi connectivity index (χ0n) is 21.2. The molecule has 3 N–H and O–H groups in total. The van der Waals surface area contributed by atoms with Crippen LogP contribution in [0.3, 0.4) is 0 Å². The van der Waals surface area contributed by atoms with Gasteiger partial charge < -0.3 is 15.8 Å². The number of aromatic nitrogens is 5. The molecule has 0 radical (unpaired) electrons. The zero-order valence-corrected chi connectivity index (χ0v) is 21.2. The Morgan fingerprint density at radius 2 is 1.76 bits per heavy atom. The second-order valence-electron chi connectivity index (χ2n) is 9.12. The number of hydrogen-bond donors (Lipinski definition) is 2. The summed E-state index contributed by atoms with van der Waals surface area (Å²) in [6.45, 7) is 3.56. The van der Waals surface area contributed by atoms with Crippen molar-refractivity contribution in [3.8, 4) is 0 Å². The summed E-state index contributed by atoms with van der Waals surface area (Å²) in [6.07, 6.45) is 5.97. The van der Waals surface area contributed by atoms with E-state index in [-0.39, 0.29) is 18.3 Å². The molecule has 194 valence electrons. The predicted molar refractivity (Wildman–Crippen MR) is 142 cm³/mol. The van der Waals surface area contributed by atoms with Gasteiger partial charge in [-0.15, -0.1) is 0 Å². The molecule has 0 saturated heterocycles. The number of carbonyl (C=O) groups excluding carboxylic acids is 1. The molecule has 0 spiro atoms. The third-order valence-corrected chi connectivity index (χ3v) is 6.47. The normalized spacial score (nSPS) is 11.2. The molecule has 3 aromatic heterocycles. The van der Waals surface area contributed by atoms with Crippen LogP contribution < -0.4 is 11.1 Å². The minimum atomic E-state index is -0.359. The SMILES string of the molecule is COCc1nn(Cc2ccc(Cn3cc(F)cn3)cc2)cc1C(=O)NCc1ccc2c(N)nccc2c1C. The van der Waals surface area contributed by atoms with Crippen LogP contribution in [0.5, 0.6) is 0 Å². The van der Waals surface area contributed by atoms with Crippen molar-refractivity contribution < 1.29 is 13.9 Å². The molecule has 2 aromatic carbocycles. The topological polar surface area (TPSA) is 113 Å². The number of aryl methyl sites for hydroxylation is 1. The molecule has 0 atom stereocenters. The molecule has 1 amide bonds. The van der Waals surface area contributed by atoms with Crippen molar-refractivity contribution in [2.45, 2.75) is 33.2 Å². The number of halogens is 1. The van der Waals surface area contributed by atoms with Crippen LogP contribution in [-0.4, -0.2) is 37.6 Å². The smallest absolute Gasteiger partial charge is 0.255 e. The number of pyridine rings is 1. The van der Waals surface area contributed by atoms with E-state index in [1.165, 1.54) is 12.4 Å². The van der Waals surface area contributed by atoms with Crippen molar-refractivity contribution in [2.24, 2.45) is 0 Å². The van der Waals surface area contributed by atoms with Gasteiger partial charge in [-0.05, 0) is 40.6 Å². The maximum Gasteiger partial charge on any atom is 0.255 e. The largest absolute Gasteiger partial charge is 0.383 e. The van der Waals surface area contributed by atoms with Crippen molar-refractivity contribution in [1.29, 1.82) is 0 Å². The molecule has 9 nitrogen and oxygen atoms in total. The first-order valence-electron chi connectivity index (χ1n) is 12.1. The maximum atomic E-state index is 13.2. The van der Waals surface area contributed by atoms with Gasteiger partial charge >= 0.3 is 0 Å². The Morgan fingerprint density at radius 3 is 2.45 bits per heavy atom. The van der Waals surface area contributed by atoms with Crippen molar-refractivity contribution >= 4 is 22.5 Å². The van der Waals surface area contributed by atoms with Gasteiger partial charge in [0.2, 0.25) is 0 Å². The lowest BCUT2D eigenvalue weighted by atomic mass is 10.0. The Labute approximate surface area is 219 Å². The number of nitrogens with two attached hydrogens (primary N) is 1. The van der Waals surface area contributed by atoms with Gasteiger partial charge in [-0.3, -0.25) is 14.2 Å². The number of amides is 1.